The molecule has 1 unspecified atom stereocenters. The van der Waals surface area contributed by atoms with E-state index >= 15 is 0 Å². The first-order chi connectivity index (χ1) is 10.2. The molecule has 1 atom stereocenters. The summed E-state index contributed by atoms with van der Waals surface area (Å²) in [7, 11) is 1.61. The van der Waals surface area contributed by atoms with Gasteiger partial charge >= 0.3 is 0 Å². The summed E-state index contributed by atoms with van der Waals surface area (Å²) in [5, 5.41) is 3.21. The summed E-state index contributed by atoms with van der Waals surface area (Å²) in [4.78, 5) is 0. The van der Waals surface area contributed by atoms with Crippen LogP contribution in [0.25, 0.3) is 0 Å². The van der Waals surface area contributed by atoms with Crippen LogP contribution in [0.5, 0.6) is 17.2 Å². The van der Waals surface area contributed by atoms with Crippen LogP contribution in [-0.4, -0.2) is 13.7 Å². The summed E-state index contributed by atoms with van der Waals surface area (Å²) in [6.45, 7) is 4.67. The van der Waals surface area contributed by atoms with Crippen LogP contribution in [0.2, 0.25) is 0 Å². The zero-order valence-corrected chi connectivity index (χ0v) is 12.5. The van der Waals surface area contributed by atoms with Crippen LogP contribution < -0.4 is 14.8 Å². The number of hydrogen-bond acceptors (Lipinski definition) is 3. The average Bonchev–Trinajstić information content (AvgIpc) is 2.48. The monoisotopic (exact) mass is 289 g/mol. The third-order valence-electron chi connectivity index (χ3n) is 3.24. The van der Waals surface area contributed by atoms with Gasteiger partial charge in [0.05, 0.1) is 7.11 Å². The maximum absolute atomic E-state index is 14.1. The van der Waals surface area contributed by atoms with Gasteiger partial charge in [0, 0.05) is 11.6 Å². The normalized spacial score (nSPS) is 12.0. The lowest BCUT2D eigenvalue weighted by molar-refractivity contribution is 0.412. The molecule has 1 N–H and O–H groups in total. The zero-order chi connectivity index (χ0) is 15.2. The lowest BCUT2D eigenvalue weighted by atomic mass is 10.1. The molecule has 0 amide bonds. The predicted octanol–water partition coefficient (Wildman–Crippen LogP) is 4.30. The summed E-state index contributed by atoms with van der Waals surface area (Å²) in [6, 6.07) is 12.0. The van der Waals surface area contributed by atoms with Gasteiger partial charge in [0.2, 0.25) is 0 Å². The minimum absolute atomic E-state index is 0.121. The minimum atomic E-state index is -0.269. The molecule has 21 heavy (non-hydrogen) atoms. The van der Waals surface area contributed by atoms with Crippen LogP contribution in [0.1, 0.15) is 25.5 Å². The Bertz CT molecular complexity index is 584. The number of benzene rings is 2. The Hall–Kier alpha value is -2.07. The van der Waals surface area contributed by atoms with E-state index in [4.69, 9.17) is 9.47 Å². The first kappa shape index (κ1) is 15.3. The molecule has 0 aliphatic carbocycles. The van der Waals surface area contributed by atoms with E-state index in [-0.39, 0.29) is 11.9 Å². The van der Waals surface area contributed by atoms with Gasteiger partial charge in [-0.1, -0.05) is 13.0 Å². The fourth-order valence-electron chi connectivity index (χ4n) is 2.21. The molecule has 0 aliphatic heterocycles. The lowest BCUT2D eigenvalue weighted by Gasteiger charge is -2.18. The number of hydrogen-bond donors (Lipinski definition) is 1. The van der Waals surface area contributed by atoms with Crippen molar-refractivity contribution in [1.29, 1.82) is 0 Å². The Morgan fingerprint density at radius 3 is 2.38 bits per heavy atom. The topological polar surface area (TPSA) is 30.5 Å². The maximum Gasteiger partial charge on any atom is 0.135 e. The maximum atomic E-state index is 14.1. The third kappa shape index (κ3) is 3.73. The molecule has 0 fully saturated rings. The van der Waals surface area contributed by atoms with E-state index in [0.717, 1.165) is 12.3 Å². The summed E-state index contributed by atoms with van der Waals surface area (Å²) < 4.78 is 25.0. The quantitative estimate of drug-likeness (QED) is 0.860. The van der Waals surface area contributed by atoms with Gasteiger partial charge in [-0.2, -0.15) is 0 Å². The molecule has 3 nitrogen and oxygen atoms in total. The molecule has 0 saturated heterocycles. The predicted molar refractivity (Wildman–Crippen MR) is 81.6 cm³/mol. The molecule has 2 aromatic rings. The van der Waals surface area contributed by atoms with Gasteiger partial charge in [-0.25, -0.2) is 4.39 Å². The number of ether oxygens (including phenoxy) is 2. The first-order valence-electron chi connectivity index (χ1n) is 6.99. The highest BCUT2D eigenvalue weighted by Gasteiger charge is 2.16. The molecule has 112 valence electrons. The van der Waals surface area contributed by atoms with Crippen molar-refractivity contribution in [2.24, 2.45) is 0 Å². The van der Waals surface area contributed by atoms with E-state index < -0.39 is 0 Å². The molecule has 2 aromatic carbocycles. The molecule has 0 bridgehead atoms. The van der Waals surface area contributed by atoms with E-state index in [0.29, 0.717) is 17.1 Å². The molecule has 4 heteroatoms. The summed E-state index contributed by atoms with van der Waals surface area (Å²) in [5.74, 6) is 1.65. The van der Waals surface area contributed by atoms with E-state index in [1.54, 1.807) is 31.4 Å². The standard InChI is InChI=1S/C17H20FNO2/c1-4-19-12(2)17-15(18)6-5-7-16(17)21-14-10-8-13(20-3)9-11-14/h5-12,19H,4H2,1-3H3. The molecule has 0 heterocycles. The van der Waals surface area contributed by atoms with Gasteiger partial charge in [-0.15, -0.1) is 0 Å². The van der Waals surface area contributed by atoms with E-state index in [2.05, 4.69) is 5.32 Å². The van der Waals surface area contributed by atoms with Crippen LogP contribution >= 0.6 is 0 Å². The van der Waals surface area contributed by atoms with Gasteiger partial charge < -0.3 is 14.8 Å². The molecule has 0 radical (unpaired) electrons. The Kier molecular flexibility index (Phi) is 5.17. The van der Waals surface area contributed by atoms with Crippen LogP contribution in [-0.2, 0) is 0 Å². The number of rotatable bonds is 6. The Balaban J connectivity index is 2.28. The number of halogens is 1. The van der Waals surface area contributed by atoms with Crippen molar-refractivity contribution in [3.8, 4) is 17.2 Å². The van der Waals surface area contributed by atoms with Gasteiger partial charge in [0.1, 0.15) is 23.1 Å². The average molecular weight is 289 g/mol. The fraction of sp³-hybridized carbons (Fsp3) is 0.294. The van der Waals surface area contributed by atoms with E-state index in [1.165, 1.54) is 6.07 Å². The Labute approximate surface area is 124 Å². The summed E-state index contributed by atoms with van der Waals surface area (Å²) in [5.41, 5.74) is 0.537. The van der Waals surface area contributed by atoms with Gasteiger partial charge in [-0.3, -0.25) is 0 Å². The van der Waals surface area contributed by atoms with E-state index in [9.17, 15) is 4.39 Å². The molecular formula is C17H20FNO2. The van der Waals surface area contributed by atoms with E-state index in [1.807, 2.05) is 26.0 Å². The van der Waals surface area contributed by atoms with Crippen LogP contribution in [0.4, 0.5) is 4.39 Å². The molecule has 0 aliphatic rings. The largest absolute Gasteiger partial charge is 0.497 e. The first-order valence-corrected chi connectivity index (χ1v) is 6.99. The SMILES string of the molecule is CCNC(C)c1c(F)cccc1Oc1ccc(OC)cc1. The van der Waals surface area contributed by atoms with Crippen molar-refractivity contribution in [2.45, 2.75) is 19.9 Å². The molecule has 0 aromatic heterocycles. The molecule has 0 saturated carbocycles. The minimum Gasteiger partial charge on any atom is -0.497 e. The van der Waals surface area contributed by atoms with Gasteiger partial charge in [0.15, 0.2) is 0 Å². The Morgan fingerprint density at radius 1 is 1.10 bits per heavy atom. The van der Waals surface area contributed by atoms with Gasteiger partial charge in [-0.05, 0) is 49.9 Å². The van der Waals surface area contributed by atoms with Crippen molar-refractivity contribution in [3.05, 3.63) is 53.8 Å². The van der Waals surface area contributed by atoms with Crippen molar-refractivity contribution >= 4 is 0 Å². The fourth-order valence-corrected chi connectivity index (χ4v) is 2.21. The van der Waals surface area contributed by atoms with Crippen molar-refractivity contribution in [3.63, 3.8) is 0 Å². The number of methoxy groups -OCH3 is 1. The lowest BCUT2D eigenvalue weighted by Crippen LogP contribution is -2.19. The van der Waals surface area contributed by atoms with Crippen LogP contribution in [0.15, 0.2) is 42.5 Å². The van der Waals surface area contributed by atoms with Crippen LogP contribution in [0, 0.1) is 5.82 Å². The zero-order valence-electron chi connectivity index (χ0n) is 12.5. The van der Waals surface area contributed by atoms with Gasteiger partial charge in [0.25, 0.3) is 0 Å². The molecule has 0 spiro atoms. The smallest absolute Gasteiger partial charge is 0.135 e. The second-order valence-corrected chi connectivity index (χ2v) is 4.71. The van der Waals surface area contributed by atoms with Crippen molar-refractivity contribution < 1.29 is 13.9 Å². The summed E-state index contributed by atoms with van der Waals surface area (Å²) >= 11 is 0. The molecule has 2 rings (SSSR count). The summed E-state index contributed by atoms with van der Waals surface area (Å²) in [6.07, 6.45) is 0. The number of nitrogens with one attached hydrogen (secondary N) is 1. The highest BCUT2D eigenvalue weighted by Crippen LogP contribution is 2.32. The highest BCUT2D eigenvalue weighted by molar-refractivity contribution is 5.41. The van der Waals surface area contributed by atoms with Crippen molar-refractivity contribution in [1.82, 2.24) is 5.32 Å². The molecular weight excluding hydrogens is 269 g/mol. The van der Waals surface area contributed by atoms with Crippen molar-refractivity contribution in [2.75, 3.05) is 13.7 Å². The second-order valence-electron chi connectivity index (χ2n) is 4.71. The Morgan fingerprint density at radius 2 is 1.76 bits per heavy atom. The third-order valence-corrected chi connectivity index (χ3v) is 3.24. The second kappa shape index (κ2) is 7.09. The highest BCUT2D eigenvalue weighted by atomic mass is 19.1. The van der Waals surface area contributed by atoms with Crippen LogP contribution in [0.3, 0.4) is 0 Å².